The van der Waals surface area contributed by atoms with Crippen LogP contribution >= 0.6 is 23.1 Å². The number of thioether (sulfide) groups is 1. The third kappa shape index (κ3) is 4.18. The van der Waals surface area contributed by atoms with Crippen LogP contribution in [0.15, 0.2) is 40.3 Å². The smallest absolute Gasteiger partial charge is 0.267 e. The summed E-state index contributed by atoms with van der Waals surface area (Å²) in [7, 11) is 0. The van der Waals surface area contributed by atoms with E-state index in [-0.39, 0.29) is 22.8 Å². The molecule has 0 bridgehead atoms. The van der Waals surface area contributed by atoms with Crippen molar-refractivity contribution in [2.75, 3.05) is 5.75 Å². The lowest BCUT2D eigenvalue weighted by Gasteiger charge is -2.24. The van der Waals surface area contributed by atoms with Crippen molar-refractivity contribution >= 4 is 39.2 Å². The third-order valence-corrected chi connectivity index (χ3v) is 7.79. The van der Waals surface area contributed by atoms with E-state index in [0.717, 1.165) is 41.6 Å². The van der Waals surface area contributed by atoms with Gasteiger partial charge in [0.05, 0.1) is 16.8 Å². The number of carbonyl (C=O) groups excluding carboxylic acids is 1. The van der Waals surface area contributed by atoms with Crippen LogP contribution in [0.4, 0.5) is 0 Å². The van der Waals surface area contributed by atoms with Gasteiger partial charge < -0.3 is 5.32 Å². The molecule has 3 aromatic rings. The second-order valence-corrected chi connectivity index (χ2v) is 10.4. The molecule has 2 heterocycles. The normalized spacial score (nSPS) is 14.0. The minimum Gasteiger partial charge on any atom is -0.351 e. The molecular formula is C23H27N3O2S2. The summed E-state index contributed by atoms with van der Waals surface area (Å²) in [6.07, 6.45) is 5.11. The topological polar surface area (TPSA) is 64.0 Å². The van der Waals surface area contributed by atoms with Crippen LogP contribution in [-0.2, 0) is 17.6 Å². The molecular weight excluding hydrogens is 414 g/mol. The number of para-hydroxylation sites is 1. The van der Waals surface area contributed by atoms with Crippen molar-refractivity contribution in [3.63, 3.8) is 0 Å². The summed E-state index contributed by atoms with van der Waals surface area (Å²) in [6.45, 7) is 6.07. The van der Waals surface area contributed by atoms with Gasteiger partial charge in [-0.1, -0.05) is 36.9 Å². The van der Waals surface area contributed by atoms with E-state index in [1.54, 1.807) is 15.9 Å². The van der Waals surface area contributed by atoms with Crippen LogP contribution < -0.4 is 10.9 Å². The maximum atomic E-state index is 13.6. The first-order valence-corrected chi connectivity index (χ1v) is 12.3. The molecule has 5 nitrogen and oxygen atoms in total. The third-order valence-electron chi connectivity index (χ3n) is 5.67. The summed E-state index contributed by atoms with van der Waals surface area (Å²) in [5, 5.41) is 4.39. The maximum Gasteiger partial charge on any atom is 0.267 e. The van der Waals surface area contributed by atoms with E-state index in [0.29, 0.717) is 5.16 Å². The molecule has 0 saturated heterocycles. The highest BCUT2D eigenvalue weighted by Crippen LogP contribution is 2.35. The van der Waals surface area contributed by atoms with E-state index in [2.05, 4.69) is 12.2 Å². The summed E-state index contributed by atoms with van der Waals surface area (Å²) in [5.74, 6) is 0.172. The van der Waals surface area contributed by atoms with Gasteiger partial charge in [-0.3, -0.25) is 14.2 Å². The van der Waals surface area contributed by atoms with Crippen LogP contribution in [0.1, 0.15) is 50.5 Å². The number of nitrogens with zero attached hydrogens (tertiary/aromatic N) is 2. The van der Waals surface area contributed by atoms with Crippen molar-refractivity contribution in [3.8, 4) is 5.69 Å². The fourth-order valence-corrected chi connectivity index (χ4v) is 5.84. The first-order valence-electron chi connectivity index (χ1n) is 10.5. The Morgan fingerprint density at radius 1 is 1.23 bits per heavy atom. The zero-order valence-electron chi connectivity index (χ0n) is 17.7. The molecule has 1 N–H and O–H groups in total. The van der Waals surface area contributed by atoms with Crippen molar-refractivity contribution < 1.29 is 4.79 Å². The molecule has 0 spiro atoms. The Kier molecular flexibility index (Phi) is 6.02. The Morgan fingerprint density at radius 2 is 1.97 bits per heavy atom. The second-order valence-electron chi connectivity index (χ2n) is 8.34. The standard InChI is InChI=1S/C23H27N3O2S2/c1-4-23(2,3)25-18(27)14-29-22-24-20-19(16-12-8-9-13-17(16)30-20)21(28)26(22)15-10-6-5-7-11-15/h5-7,10-11H,4,8-9,12-14H2,1-3H3,(H,25,27). The number of thiophene rings is 1. The molecule has 0 aliphatic heterocycles. The predicted octanol–water partition coefficient (Wildman–Crippen LogP) is 4.72. The number of aryl methyl sites for hydroxylation is 2. The number of fused-ring (bicyclic) bond motifs is 3. The monoisotopic (exact) mass is 441 g/mol. The first kappa shape index (κ1) is 21.1. The van der Waals surface area contributed by atoms with Gasteiger partial charge in [0.1, 0.15) is 4.83 Å². The second kappa shape index (κ2) is 8.55. The molecule has 1 aliphatic carbocycles. The predicted molar refractivity (Wildman–Crippen MR) is 125 cm³/mol. The quantitative estimate of drug-likeness (QED) is 0.444. The fourth-order valence-electron chi connectivity index (χ4n) is 3.72. The highest BCUT2D eigenvalue weighted by Gasteiger charge is 2.24. The van der Waals surface area contributed by atoms with Gasteiger partial charge in [-0.05, 0) is 63.6 Å². The first-order chi connectivity index (χ1) is 14.4. The largest absolute Gasteiger partial charge is 0.351 e. The number of nitrogens with one attached hydrogen (secondary N) is 1. The average Bonchev–Trinajstić information content (AvgIpc) is 3.11. The van der Waals surface area contributed by atoms with E-state index in [9.17, 15) is 9.59 Å². The lowest BCUT2D eigenvalue weighted by Crippen LogP contribution is -2.43. The zero-order valence-corrected chi connectivity index (χ0v) is 19.3. The van der Waals surface area contributed by atoms with Gasteiger partial charge in [-0.15, -0.1) is 11.3 Å². The highest BCUT2D eigenvalue weighted by atomic mass is 32.2. The van der Waals surface area contributed by atoms with Crippen molar-refractivity contribution in [1.29, 1.82) is 0 Å². The van der Waals surface area contributed by atoms with Crippen LogP contribution in [0.5, 0.6) is 0 Å². The molecule has 0 saturated carbocycles. The van der Waals surface area contributed by atoms with Crippen molar-refractivity contribution in [1.82, 2.24) is 14.9 Å². The number of carbonyl (C=O) groups is 1. The fraction of sp³-hybridized carbons (Fsp3) is 0.435. The van der Waals surface area contributed by atoms with Crippen molar-refractivity contribution in [3.05, 3.63) is 51.1 Å². The molecule has 4 rings (SSSR count). The zero-order chi connectivity index (χ0) is 21.3. The molecule has 158 valence electrons. The Bertz CT molecular complexity index is 1130. The molecule has 0 fully saturated rings. The average molecular weight is 442 g/mol. The van der Waals surface area contributed by atoms with Crippen molar-refractivity contribution in [2.24, 2.45) is 0 Å². The van der Waals surface area contributed by atoms with Gasteiger partial charge in [0, 0.05) is 10.4 Å². The summed E-state index contributed by atoms with van der Waals surface area (Å²) >= 11 is 2.96. The van der Waals surface area contributed by atoms with Crippen LogP contribution in [0, 0.1) is 0 Å². The molecule has 0 radical (unpaired) electrons. The van der Waals surface area contributed by atoms with Gasteiger partial charge in [0.2, 0.25) is 5.91 Å². The van der Waals surface area contributed by atoms with E-state index >= 15 is 0 Å². The summed E-state index contributed by atoms with van der Waals surface area (Å²) in [5.41, 5.74) is 1.69. The molecule has 2 aromatic heterocycles. The van der Waals surface area contributed by atoms with Gasteiger partial charge in [-0.25, -0.2) is 4.98 Å². The van der Waals surface area contributed by atoms with Crippen LogP contribution in [0.25, 0.3) is 15.9 Å². The van der Waals surface area contributed by atoms with Gasteiger partial charge in [0.25, 0.3) is 5.56 Å². The van der Waals surface area contributed by atoms with Crippen LogP contribution in [0.3, 0.4) is 0 Å². The summed E-state index contributed by atoms with van der Waals surface area (Å²) in [4.78, 5) is 33.1. The maximum absolute atomic E-state index is 13.6. The summed E-state index contributed by atoms with van der Waals surface area (Å²) < 4.78 is 1.67. The lowest BCUT2D eigenvalue weighted by atomic mass is 9.97. The van der Waals surface area contributed by atoms with Gasteiger partial charge in [-0.2, -0.15) is 0 Å². The summed E-state index contributed by atoms with van der Waals surface area (Å²) in [6, 6.07) is 9.59. The molecule has 7 heteroatoms. The Labute approximate surface area is 184 Å². The van der Waals surface area contributed by atoms with Crippen LogP contribution in [-0.4, -0.2) is 26.8 Å². The SMILES string of the molecule is CCC(C)(C)NC(=O)CSc1nc2sc3c(c2c(=O)n1-c1ccccc1)CCCC3. The number of hydrogen-bond acceptors (Lipinski definition) is 5. The minimum atomic E-state index is -0.249. The van der Waals surface area contributed by atoms with Crippen LogP contribution in [0.2, 0.25) is 0 Å². The van der Waals surface area contributed by atoms with E-state index in [4.69, 9.17) is 4.98 Å². The Balaban J connectivity index is 1.76. The van der Waals surface area contributed by atoms with Crippen molar-refractivity contribution in [2.45, 2.75) is 63.6 Å². The molecule has 1 aliphatic rings. The number of amides is 1. The van der Waals surface area contributed by atoms with Gasteiger partial charge >= 0.3 is 0 Å². The van der Waals surface area contributed by atoms with Gasteiger partial charge in [0.15, 0.2) is 5.16 Å². The number of rotatable bonds is 6. The Morgan fingerprint density at radius 3 is 2.70 bits per heavy atom. The molecule has 0 unspecified atom stereocenters. The number of hydrogen-bond donors (Lipinski definition) is 1. The highest BCUT2D eigenvalue weighted by molar-refractivity contribution is 7.99. The molecule has 30 heavy (non-hydrogen) atoms. The number of aromatic nitrogens is 2. The lowest BCUT2D eigenvalue weighted by molar-refractivity contribution is -0.120. The van der Waals surface area contributed by atoms with E-state index < -0.39 is 0 Å². The van der Waals surface area contributed by atoms with E-state index in [1.807, 2.05) is 44.2 Å². The molecule has 1 amide bonds. The molecule has 0 atom stereocenters. The van der Waals surface area contributed by atoms with E-state index in [1.165, 1.54) is 28.6 Å². The number of benzene rings is 1. The minimum absolute atomic E-state index is 0.0256. The molecule has 1 aromatic carbocycles. The Hall–Kier alpha value is -2.12.